The van der Waals surface area contributed by atoms with Crippen LogP contribution in [0, 0.1) is 11.6 Å². The number of benzene rings is 1. The van der Waals surface area contributed by atoms with Crippen molar-refractivity contribution in [1.82, 2.24) is 25.3 Å². The minimum absolute atomic E-state index is 0.283. The fraction of sp³-hybridized carbons (Fsp3) is 0.292. The first-order chi connectivity index (χ1) is 16.1. The molecular weight excluding hydrogens is 424 g/mol. The van der Waals surface area contributed by atoms with Crippen LogP contribution in [0.4, 0.5) is 20.4 Å². The predicted octanol–water partition coefficient (Wildman–Crippen LogP) is 3.85. The molecule has 168 valence electrons. The first-order valence-electron chi connectivity index (χ1n) is 11.1. The Kier molecular flexibility index (Phi) is 4.72. The van der Waals surface area contributed by atoms with E-state index >= 15 is 0 Å². The van der Waals surface area contributed by atoms with Crippen LogP contribution in [0.3, 0.4) is 0 Å². The highest BCUT2D eigenvalue weighted by atomic mass is 19.2. The number of aromatic nitrogens is 4. The average Bonchev–Trinajstić information content (AvgIpc) is 3.43. The van der Waals surface area contributed by atoms with Crippen molar-refractivity contribution in [3.8, 4) is 11.1 Å². The van der Waals surface area contributed by atoms with Gasteiger partial charge in [0.15, 0.2) is 11.6 Å². The Morgan fingerprint density at radius 3 is 2.85 bits per heavy atom. The van der Waals surface area contributed by atoms with E-state index in [1.807, 2.05) is 12.1 Å². The largest absolute Gasteiger partial charge is 0.364 e. The number of halogens is 2. The van der Waals surface area contributed by atoms with E-state index in [1.165, 1.54) is 25.2 Å². The highest BCUT2D eigenvalue weighted by Crippen LogP contribution is 2.38. The quantitative estimate of drug-likeness (QED) is 0.431. The van der Waals surface area contributed by atoms with Crippen LogP contribution in [0.15, 0.2) is 48.9 Å². The second kappa shape index (κ2) is 7.77. The Morgan fingerprint density at radius 1 is 1.09 bits per heavy atom. The molecule has 9 heteroatoms. The molecule has 1 aromatic carbocycles. The van der Waals surface area contributed by atoms with E-state index in [9.17, 15) is 8.78 Å². The van der Waals surface area contributed by atoms with Crippen molar-refractivity contribution in [2.24, 2.45) is 0 Å². The summed E-state index contributed by atoms with van der Waals surface area (Å²) < 4.78 is 27.3. The lowest BCUT2D eigenvalue weighted by molar-refractivity contribution is 0.440. The topological polar surface area (TPSA) is 81.8 Å². The van der Waals surface area contributed by atoms with E-state index in [1.54, 1.807) is 12.3 Å². The van der Waals surface area contributed by atoms with Gasteiger partial charge in [0.25, 0.3) is 0 Å². The molecule has 4 heterocycles. The van der Waals surface area contributed by atoms with Crippen molar-refractivity contribution >= 4 is 22.7 Å². The van der Waals surface area contributed by atoms with Gasteiger partial charge in [0, 0.05) is 36.9 Å². The summed E-state index contributed by atoms with van der Waals surface area (Å²) in [5.74, 6) is -0.183. The van der Waals surface area contributed by atoms with Gasteiger partial charge in [-0.15, -0.1) is 0 Å². The molecule has 7 nitrogen and oxygen atoms in total. The SMILES string of the molecule is Fc1ccc(-c2c[nH]c3ncnc(NCc4cccc(N5CCNC6(CC6)C5)n4)c23)cc1F. The van der Waals surface area contributed by atoms with Crippen LogP contribution >= 0.6 is 0 Å². The number of pyridine rings is 1. The second-order valence-electron chi connectivity index (χ2n) is 8.75. The van der Waals surface area contributed by atoms with E-state index in [-0.39, 0.29) is 5.54 Å². The second-order valence-corrected chi connectivity index (χ2v) is 8.75. The van der Waals surface area contributed by atoms with E-state index in [0.29, 0.717) is 29.1 Å². The van der Waals surface area contributed by atoms with Gasteiger partial charge < -0.3 is 20.5 Å². The number of hydrogen-bond acceptors (Lipinski definition) is 6. The number of anilines is 2. The van der Waals surface area contributed by atoms with Crippen LogP contribution < -0.4 is 15.5 Å². The zero-order valence-corrected chi connectivity index (χ0v) is 17.9. The molecule has 0 atom stereocenters. The lowest BCUT2D eigenvalue weighted by atomic mass is 10.1. The summed E-state index contributed by atoms with van der Waals surface area (Å²) in [6, 6.07) is 9.92. The van der Waals surface area contributed by atoms with Crippen molar-refractivity contribution in [1.29, 1.82) is 0 Å². The first-order valence-corrected chi connectivity index (χ1v) is 11.1. The van der Waals surface area contributed by atoms with Crippen LogP contribution in [-0.4, -0.2) is 45.1 Å². The van der Waals surface area contributed by atoms with Gasteiger partial charge in [0.2, 0.25) is 0 Å². The smallest absolute Gasteiger partial charge is 0.159 e. The maximum atomic E-state index is 13.8. The lowest BCUT2D eigenvalue weighted by Crippen LogP contribution is -2.52. The minimum Gasteiger partial charge on any atom is -0.364 e. The molecule has 1 saturated heterocycles. The van der Waals surface area contributed by atoms with Gasteiger partial charge in [-0.3, -0.25) is 0 Å². The zero-order chi connectivity index (χ0) is 22.4. The summed E-state index contributed by atoms with van der Waals surface area (Å²) in [5, 5.41) is 7.70. The summed E-state index contributed by atoms with van der Waals surface area (Å²) in [6.45, 7) is 3.38. The van der Waals surface area contributed by atoms with Crippen molar-refractivity contribution in [2.75, 3.05) is 29.9 Å². The van der Waals surface area contributed by atoms with Gasteiger partial charge in [0.1, 0.15) is 23.6 Å². The molecule has 4 aromatic rings. The summed E-state index contributed by atoms with van der Waals surface area (Å²) >= 11 is 0. The Morgan fingerprint density at radius 2 is 2.00 bits per heavy atom. The Labute approximate surface area is 189 Å². The molecule has 6 rings (SSSR count). The molecule has 1 spiro atoms. The van der Waals surface area contributed by atoms with Gasteiger partial charge >= 0.3 is 0 Å². The summed E-state index contributed by atoms with van der Waals surface area (Å²) in [4.78, 5) is 19.0. The molecular formula is C24H23F2N7. The molecule has 0 radical (unpaired) electrons. The molecule has 0 unspecified atom stereocenters. The number of hydrogen-bond donors (Lipinski definition) is 3. The van der Waals surface area contributed by atoms with Crippen LogP contribution in [0.25, 0.3) is 22.2 Å². The molecule has 1 saturated carbocycles. The number of fused-ring (bicyclic) bond motifs is 1. The molecule has 3 N–H and O–H groups in total. The molecule has 3 aromatic heterocycles. The van der Waals surface area contributed by atoms with Crippen molar-refractivity contribution in [3.05, 3.63) is 66.3 Å². The monoisotopic (exact) mass is 447 g/mol. The Balaban J connectivity index is 1.26. The third-order valence-corrected chi connectivity index (χ3v) is 6.48. The van der Waals surface area contributed by atoms with Gasteiger partial charge in [-0.1, -0.05) is 12.1 Å². The van der Waals surface area contributed by atoms with E-state index < -0.39 is 11.6 Å². The van der Waals surface area contributed by atoms with Gasteiger partial charge in [-0.05, 0) is 42.7 Å². The fourth-order valence-corrected chi connectivity index (χ4v) is 4.54. The summed E-state index contributed by atoms with van der Waals surface area (Å²) in [7, 11) is 0. The Hall–Kier alpha value is -3.59. The molecule has 0 bridgehead atoms. The normalized spacial score (nSPS) is 17.0. The molecule has 2 fully saturated rings. The Bertz CT molecular complexity index is 1330. The van der Waals surface area contributed by atoms with Gasteiger partial charge in [-0.25, -0.2) is 23.7 Å². The summed E-state index contributed by atoms with van der Waals surface area (Å²) in [5.41, 5.74) is 3.04. The standard InChI is InChI=1S/C24H23F2N7/c25-18-5-4-15(10-19(18)26)17-12-28-23-21(17)22(29-14-30-23)27-11-16-2-1-3-20(32-16)33-9-8-31-24(13-33)6-7-24/h1-5,10,12,14,31H,6-9,11,13H2,(H2,27,28,29,30). The predicted molar refractivity (Wildman–Crippen MR) is 123 cm³/mol. The highest BCUT2D eigenvalue weighted by molar-refractivity contribution is 6.00. The van der Waals surface area contributed by atoms with E-state index in [0.717, 1.165) is 42.6 Å². The maximum absolute atomic E-state index is 13.8. The van der Waals surface area contributed by atoms with Crippen LogP contribution in [0.2, 0.25) is 0 Å². The van der Waals surface area contributed by atoms with E-state index in [4.69, 9.17) is 4.98 Å². The van der Waals surface area contributed by atoms with Crippen LogP contribution in [0.1, 0.15) is 18.5 Å². The third kappa shape index (κ3) is 3.78. The molecule has 1 aliphatic carbocycles. The number of nitrogens with one attached hydrogen (secondary N) is 3. The van der Waals surface area contributed by atoms with Crippen LogP contribution in [0.5, 0.6) is 0 Å². The van der Waals surface area contributed by atoms with E-state index in [2.05, 4.69) is 36.6 Å². The first kappa shape index (κ1) is 20.0. The zero-order valence-electron chi connectivity index (χ0n) is 17.9. The van der Waals surface area contributed by atoms with Gasteiger partial charge in [-0.2, -0.15) is 0 Å². The highest BCUT2D eigenvalue weighted by Gasteiger charge is 2.45. The number of piperazine rings is 1. The molecule has 2 aliphatic rings. The average molecular weight is 447 g/mol. The number of H-pyrrole nitrogens is 1. The molecule has 33 heavy (non-hydrogen) atoms. The number of nitrogens with zero attached hydrogens (tertiary/aromatic N) is 4. The van der Waals surface area contributed by atoms with Gasteiger partial charge in [0.05, 0.1) is 17.6 Å². The maximum Gasteiger partial charge on any atom is 0.159 e. The number of rotatable bonds is 5. The summed E-state index contributed by atoms with van der Waals surface area (Å²) in [6.07, 6.45) is 5.65. The minimum atomic E-state index is -0.893. The fourth-order valence-electron chi connectivity index (χ4n) is 4.54. The third-order valence-electron chi connectivity index (χ3n) is 6.48. The number of aromatic amines is 1. The lowest BCUT2D eigenvalue weighted by Gasteiger charge is -2.35. The van der Waals surface area contributed by atoms with Crippen LogP contribution in [-0.2, 0) is 6.54 Å². The van der Waals surface area contributed by atoms with Crippen molar-refractivity contribution in [3.63, 3.8) is 0 Å². The van der Waals surface area contributed by atoms with Crippen molar-refractivity contribution in [2.45, 2.75) is 24.9 Å². The van der Waals surface area contributed by atoms with Crippen molar-refractivity contribution < 1.29 is 8.78 Å². The molecule has 1 aliphatic heterocycles. The molecule has 0 amide bonds.